The molecular formula is C8H6O3. The van der Waals surface area contributed by atoms with E-state index >= 15 is 0 Å². The van der Waals surface area contributed by atoms with Crippen molar-refractivity contribution < 1.29 is 14.3 Å². The number of hydrogen-bond acceptors (Lipinski definition) is 3. The molecule has 3 heteroatoms. The van der Waals surface area contributed by atoms with E-state index in [1.165, 1.54) is 5.57 Å². The van der Waals surface area contributed by atoms with Crippen LogP contribution in [0.2, 0.25) is 0 Å². The van der Waals surface area contributed by atoms with Gasteiger partial charge >= 0.3 is 11.9 Å². The fourth-order valence-electron chi connectivity index (χ4n) is 2.14. The van der Waals surface area contributed by atoms with Gasteiger partial charge in [-0.1, -0.05) is 11.6 Å². The second kappa shape index (κ2) is 1.40. The molecule has 3 aliphatic rings. The van der Waals surface area contributed by atoms with Gasteiger partial charge in [0.1, 0.15) is 0 Å². The van der Waals surface area contributed by atoms with Gasteiger partial charge in [-0.15, -0.1) is 0 Å². The molecule has 0 N–H and O–H groups in total. The number of hydrogen-bond donors (Lipinski definition) is 0. The average Bonchev–Trinajstić information content (AvgIpc) is 2.51. The highest BCUT2D eigenvalue weighted by Gasteiger charge is 2.58. The van der Waals surface area contributed by atoms with Crippen LogP contribution >= 0.6 is 0 Å². The minimum atomic E-state index is -0.312. The molecule has 0 aromatic rings. The van der Waals surface area contributed by atoms with Crippen LogP contribution in [0.15, 0.2) is 11.6 Å². The van der Waals surface area contributed by atoms with Crippen LogP contribution in [0.3, 0.4) is 0 Å². The van der Waals surface area contributed by atoms with Crippen molar-refractivity contribution in [1.29, 1.82) is 0 Å². The monoisotopic (exact) mass is 150 g/mol. The van der Waals surface area contributed by atoms with Crippen molar-refractivity contribution >= 4 is 11.9 Å². The summed E-state index contributed by atoms with van der Waals surface area (Å²) in [6, 6.07) is 0. The van der Waals surface area contributed by atoms with E-state index in [2.05, 4.69) is 10.8 Å². The van der Waals surface area contributed by atoms with Gasteiger partial charge in [0.2, 0.25) is 0 Å². The van der Waals surface area contributed by atoms with Gasteiger partial charge in [0.15, 0.2) is 0 Å². The minimum Gasteiger partial charge on any atom is -0.393 e. The Hall–Kier alpha value is -1.12. The zero-order valence-corrected chi connectivity index (χ0v) is 5.74. The molecule has 3 rings (SSSR count). The van der Waals surface area contributed by atoms with Crippen molar-refractivity contribution in [2.45, 2.75) is 6.42 Å². The number of carbonyl (C=O) groups excluding carboxylic acids is 2. The molecule has 11 heavy (non-hydrogen) atoms. The molecule has 1 saturated carbocycles. The number of ether oxygens (including phenoxy) is 1. The van der Waals surface area contributed by atoms with E-state index < -0.39 is 0 Å². The molecule has 3 nitrogen and oxygen atoms in total. The predicted octanol–water partition coefficient (Wildman–Crippen LogP) is 0.262. The standard InChI is InChI=1S/C8H6O3/c9-7-5-2-3-1-4(3)6(5)8(10)11-7/h1,4-6H,2H2/t4?,5-,6+/m0/s1. The maximum atomic E-state index is 11.0. The summed E-state index contributed by atoms with van der Waals surface area (Å²) in [6.07, 6.45) is 2.82. The van der Waals surface area contributed by atoms with Gasteiger partial charge < -0.3 is 4.74 Å². The summed E-state index contributed by atoms with van der Waals surface area (Å²) >= 11 is 0. The smallest absolute Gasteiger partial charge is 0.318 e. The lowest BCUT2D eigenvalue weighted by atomic mass is 9.95. The Morgan fingerprint density at radius 1 is 1.36 bits per heavy atom. The number of cyclic esters (lactones) is 2. The fourth-order valence-corrected chi connectivity index (χ4v) is 2.14. The summed E-state index contributed by atoms with van der Waals surface area (Å²) in [5.41, 5.74) is 1.28. The highest BCUT2D eigenvalue weighted by atomic mass is 16.6. The van der Waals surface area contributed by atoms with Crippen molar-refractivity contribution in [2.75, 3.05) is 0 Å². The SMILES string of the molecule is O=C1OC(=O)[C@@H]2C3C=C3C[C@H]12. The van der Waals surface area contributed by atoms with Gasteiger partial charge in [0.05, 0.1) is 11.8 Å². The summed E-state index contributed by atoms with van der Waals surface area (Å²) in [6.45, 7) is 0. The number of rotatable bonds is 0. The summed E-state index contributed by atoms with van der Waals surface area (Å²) < 4.78 is 4.51. The van der Waals surface area contributed by atoms with E-state index in [1.807, 2.05) is 0 Å². The zero-order valence-electron chi connectivity index (χ0n) is 5.74. The van der Waals surface area contributed by atoms with E-state index in [4.69, 9.17) is 0 Å². The average molecular weight is 150 g/mol. The molecule has 1 heterocycles. The molecule has 0 radical (unpaired) electrons. The lowest BCUT2D eigenvalue weighted by Crippen LogP contribution is -2.14. The Morgan fingerprint density at radius 2 is 2.18 bits per heavy atom. The lowest BCUT2D eigenvalue weighted by molar-refractivity contribution is -0.154. The summed E-state index contributed by atoms with van der Waals surface area (Å²) in [7, 11) is 0. The molecule has 3 atom stereocenters. The molecule has 1 unspecified atom stereocenters. The first kappa shape index (κ1) is 5.52. The second-order valence-corrected chi connectivity index (χ2v) is 3.34. The molecule has 1 aliphatic heterocycles. The summed E-state index contributed by atoms with van der Waals surface area (Å²) in [5.74, 6) is -0.606. The molecular weight excluding hydrogens is 144 g/mol. The van der Waals surface area contributed by atoms with Gasteiger partial charge in [-0.3, -0.25) is 9.59 Å². The van der Waals surface area contributed by atoms with E-state index in [0.29, 0.717) is 5.92 Å². The first-order chi connectivity index (χ1) is 5.27. The molecule has 2 aliphatic carbocycles. The molecule has 0 spiro atoms. The second-order valence-electron chi connectivity index (χ2n) is 3.34. The molecule has 0 aromatic heterocycles. The third-order valence-electron chi connectivity index (χ3n) is 2.76. The Balaban J connectivity index is 2.03. The number of allylic oxidation sites excluding steroid dienone is 2. The fraction of sp³-hybridized carbons (Fsp3) is 0.500. The zero-order chi connectivity index (χ0) is 7.59. The largest absolute Gasteiger partial charge is 0.393 e. The Bertz CT molecular complexity index is 302. The van der Waals surface area contributed by atoms with Crippen LogP contribution in [0.4, 0.5) is 0 Å². The first-order valence-electron chi connectivity index (χ1n) is 3.73. The van der Waals surface area contributed by atoms with Gasteiger partial charge in [-0.2, -0.15) is 0 Å². The Labute approximate surface area is 63.0 Å². The van der Waals surface area contributed by atoms with Gasteiger partial charge in [-0.25, -0.2) is 0 Å². The summed E-state index contributed by atoms with van der Waals surface area (Å²) in [5, 5.41) is 0. The highest BCUT2D eigenvalue weighted by molar-refractivity contribution is 5.98. The van der Waals surface area contributed by atoms with Gasteiger partial charge in [0, 0.05) is 5.92 Å². The van der Waals surface area contributed by atoms with E-state index in [0.717, 1.165) is 6.42 Å². The van der Waals surface area contributed by atoms with Crippen LogP contribution in [0.5, 0.6) is 0 Å². The molecule has 0 aromatic carbocycles. The Kier molecular flexibility index (Phi) is 0.700. The normalized spacial score (nSPS) is 44.7. The Morgan fingerprint density at radius 3 is 2.91 bits per heavy atom. The van der Waals surface area contributed by atoms with Gasteiger partial charge in [0.25, 0.3) is 0 Å². The number of fused-ring (bicyclic) bond motifs is 3. The van der Waals surface area contributed by atoms with Crippen molar-refractivity contribution in [3.63, 3.8) is 0 Å². The quantitative estimate of drug-likeness (QED) is 0.282. The number of carbonyl (C=O) groups is 2. The van der Waals surface area contributed by atoms with Crippen LogP contribution in [0, 0.1) is 17.8 Å². The highest BCUT2D eigenvalue weighted by Crippen LogP contribution is 2.54. The predicted molar refractivity (Wildman–Crippen MR) is 34.3 cm³/mol. The molecule has 1 saturated heterocycles. The van der Waals surface area contributed by atoms with E-state index in [-0.39, 0.29) is 23.8 Å². The summed E-state index contributed by atoms with van der Waals surface area (Å²) in [4.78, 5) is 22.0. The van der Waals surface area contributed by atoms with Gasteiger partial charge in [-0.05, 0) is 6.42 Å². The molecule has 0 bridgehead atoms. The molecule has 0 amide bonds. The van der Waals surface area contributed by atoms with Crippen molar-refractivity contribution in [3.05, 3.63) is 11.6 Å². The lowest BCUT2D eigenvalue weighted by Gasteiger charge is -2.00. The van der Waals surface area contributed by atoms with E-state index in [9.17, 15) is 9.59 Å². The number of esters is 2. The third kappa shape index (κ3) is 0.504. The van der Waals surface area contributed by atoms with Crippen LogP contribution in [0.1, 0.15) is 6.42 Å². The maximum absolute atomic E-state index is 11.0. The molecule has 56 valence electrons. The third-order valence-corrected chi connectivity index (χ3v) is 2.76. The van der Waals surface area contributed by atoms with Crippen molar-refractivity contribution in [3.8, 4) is 0 Å². The van der Waals surface area contributed by atoms with Crippen LogP contribution in [-0.2, 0) is 14.3 Å². The topological polar surface area (TPSA) is 43.4 Å². The van der Waals surface area contributed by atoms with Crippen LogP contribution < -0.4 is 0 Å². The minimum absolute atomic E-state index is 0.132. The van der Waals surface area contributed by atoms with E-state index in [1.54, 1.807) is 0 Å². The molecule has 2 fully saturated rings. The van der Waals surface area contributed by atoms with Crippen molar-refractivity contribution in [2.24, 2.45) is 17.8 Å². The van der Waals surface area contributed by atoms with Crippen molar-refractivity contribution in [1.82, 2.24) is 0 Å². The van der Waals surface area contributed by atoms with Crippen LogP contribution in [0.25, 0.3) is 0 Å². The van der Waals surface area contributed by atoms with Crippen LogP contribution in [-0.4, -0.2) is 11.9 Å². The first-order valence-corrected chi connectivity index (χ1v) is 3.73. The maximum Gasteiger partial charge on any atom is 0.318 e.